The molecule has 0 aliphatic carbocycles. The summed E-state index contributed by atoms with van der Waals surface area (Å²) in [5.74, 6) is -1.62. The smallest absolute Gasteiger partial charge is 0.322 e. The van der Waals surface area contributed by atoms with Crippen LogP contribution in [0.1, 0.15) is 6.42 Å². The van der Waals surface area contributed by atoms with E-state index in [-0.39, 0.29) is 0 Å². The second-order valence-electron chi connectivity index (χ2n) is 2.58. The van der Waals surface area contributed by atoms with Gasteiger partial charge in [0, 0.05) is 0 Å². The lowest BCUT2D eigenvalue weighted by atomic mass is 10.2. The van der Waals surface area contributed by atoms with Gasteiger partial charge in [-0.05, 0) is 12.2 Å². The molecule has 7 N–H and O–H groups in total. The molecule has 0 saturated heterocycles. The van der Waals surface area contributed by atoms with E-state index in [1.54, 1.807) is 0 Å². The Morgan fingerprint density at radius 1 is 1.13 bits per heavy atom. The van der Waals surface area contributed by atoms with Crippen molar-refractivity contribution in [1.82, 2.24) is 0 Å². The summed E-state index contributed by atoms with van der Waals surface area (Å²) in [6, 6.07) is -1.87. The fraction of sp³-hybridized carbons (Fsp3) is 0.714. The lowest BCUT2D eigenvalue weighted by molar-refractivity contribution is -0.140. The van der Waals surface area contributed by atoms with Crippen LogP contribution in [0.25, 0.3) is 0 Å². The summed E-state index contributed by atoms with van der Waals surface area (Å²) in [6.45, 7) is -0.505. The van der Waals surface area contributed by atoms with Crippen LogP contribution >= 0.6 is 12.6 Å². The normalized spacial score (nSPS) is 13.3. The second-order valence-corrected chi connectivity index (χ2v) is 3.03. The number of thiol groups is 1. The van der Waals surface area contributed by atoms with E-state index in [1.807, 2.05) is 0 Å². The van der Waals surface area contributed by atoms with Crippen molar-refractivity contribution in [3.8, 4) is 0 Å². The highest BCUT2D eigenvalue weighted by molar-refractivity contribution is 7.80. The van der Waals surface area contributed by atoms with Gasteiger partial charge in [0.2, 0.25) is 0 Å². The maximum Gasteiger partial charge on any atom is 0.322 e. The van der Waals surface area contributed by atoms with Crippen molar-refractivity contribution < 1.29 is 24.9 Å². The Morgan fingerprint density at radius 2 is 1.53 bits per heavy atom. The van der Waals surface area contributed by atoms with E-state index in [4.69, 9.17) is 26.8 Å². The molecule has 8 heteroatoms. The van der Waals surface area contributed by atoms with Crippen molar-refractivity contribution in [2.24, 2.45) is 11.5 Å². The summed E-state index contributed by atoms with van der Waals surface area (Å²) in [4.78, 5) is 19.6. The lowest BCUT2D eigenvalue weighted by Gasteiger charge is -2.00. The Labute approximate surface area is 92.5 Å². The molecule has 7 nitrogen and oxygen atoms in total. The summed E-state index contributed by atoms with van der Waals surface area (Å²) in [5, 5.41) is 24.1. The van der Waals surface area contributed by atoms with Crippen LogP contribution in [0.5, 0.6) is 0 Å². The SMILES string of the molecule is N[C@@H](CCS)C(=O)O.N[C@@H](CO)C(=O)O. The molecule has 0 aromatic carbocycles. The van der Waals surface area contributed by atoms with Crippen molar-refractivity contribution >= 4 is 24.6 Å². The summed E-state index contributed by atoms with van der Waals surface area (Å²) in [5.41, 5.74) is 9.84. The zero-order valence-corrected chi connectivity index (χ0v) is 8.93. The minimum Gasteiger partial charge on any atom is -0.480 e. The lowest BCUT2D eigenvalue weighted by Crippen LogP contribution is -2.33. The average molecular weight is 240 g/mol. The third-order valence-corrected chi connectivity index (χ3v) is 1.53. The zero-order valence-electron chi connectivity index (χ0n) is 8.04. The number of carboxylic acid groups (broad SMARTS) is 2. The second kappa shape index (κ2) is 9.71. The van der Waals surface area contributed by atoms with Crippen LogP contribution < -0.4 is 11.5 Å². The number of aliphatic hydroxyl groups excluding tert-OH is 1. The highest BCUT2D eigenvalue weighted by Crippen LogP contribution is 1.88. The molecule has 0 rings (SSSR count). The van der Waals surface area contributed by atoms with E-state index < -0.39 is 30.6 Å². The number of nitrogens with two attached hydrogens (primary N) is 2. The van der Waals surface area contributed by atoms with Gasteiger partial charge in [-0.25, -0.2) is 0 Å². The van der Waals surface area contributed by atoms with Crippen molar-refractivity contribution in [3.05, 3.63) is 0 Å². The van der Waals surface area contributed by atoms with Gasteiger partial charge in [-0.2, -0.15) is 12.6 Å². The Hall–Kier alpha value is -0.830. The molecule has 0 saturated carbocycles. The number of aliphatic hydroxyl groups is 1. The first-order valence-corrected chi connectivity index (χ1v) is 4.68. The van der Waals surface area contributed by atoms with Crippen LogP contribution in [0.3, 0.4) is 0 Å². The number of hydrogen-bond donors (Lipinski definition) is 6. The third kappa shape index (κ3) is 11.1. The molecule has 0 bridgehead atoms. The predicted octanol–water partition coefficient (Wildman–Crippen LogP) is -1.89. The average Bonchev–Trinajstić information content (AvgIpc) is 2.17. The molecular formula is C7H16N2O5S. The van der Waals surface area contributed by atoms with Gasteiger partial charge in [-0.1, -0.05) is 0 Å². The largest absolute Gasteiger partial charge is 0.480 e. The molecule has 0 aromatic heterocycles. The first-order valence-electron chi connectivity index (χ1n) is 4.05. The monoisotopic (exact) mass is 240 g/mol. The number of aliphatic carboxylic acids is 2. The summed E-state index contributed by atoms with van der Waals surface area (Å²) < 4.78 is 0. The number of hydrogen-bond acceptors (Lipinski definition) is 6. The minimum atomic E-state index is -1.18. The molecule has 0 aliphatic heterocycles. The molecule has 2 atom stereocenters. The number of carbonyl (C=O) groups is 2. The van der Waals surface area contributed by atoms with Crippen molar-refractivity contribution in [2.45, 2.75) is 18.5 Å². The van der Waals surface area contributed by atoms with E-state index in [9.17, 15) is 9.59 Å². The highest BCUT2D eigenvalue weighted by atomic mass is 32.1. The molecular weight excluding hydrogens is 224 g/mol. The Morgan fingerprint density at radius 3 is 1.60 bits per heavy atom. The maximum absolute atomic E-state index is 9.93. The van der Waals surface area contributed by atoms with Gasteiger partial charge in [0.05, 0.1) is 6.61 Å². The highest BCUT2D eigenvalue weighted by Gasteiger charge is 2.08. The topological polar surface area (TPSA) is 147 Å². The van der Waals surface area contributed by atoms with Crippen LogP contribution in [0.2, 0.25) is 0 Å². The van der Waals surface area contributed by atoms with Gasteiger partial charge in [0.1, 0.15) is 12.1 Å². The first-order chi connectivity index (χ1) is 6.86. The van der Waals surface area contributed by atoms with E-state index in [1.165, 1.54) is 0 Å². The maximum atomic E-state index is 9.93. The Kier molecular flexibility index (Phi) is 10.7. The van der Waals surface area contributed by atoms with Crippen molar-refractivity contribution in [1.29, 1.82) is 0 Å². The van der Waals surface area contributed by atoms with Crippen LogP contribution in [-0.4, -0.2) is 51.7 Å². The first kappa shape index (κ1) is 16.6. The standard InChI is InChI=1S/C4H9NO2S.C3H7NO3/c5-3(1-2-8)4(6)7;4-2(1-5)3(6)7/h3,8H,1-2,5H2,(H,6,7);2,5H,1,4H2,(H,6,7)/t3-;2-/m00/s1. The molecule has 0 spiro atoms. The predicted molar refractivity (Wildman–Crippen MR) is 56.8 cm³/mol. The van der Waals surface area contributed by atoms with Gasteiger partial charge < -0.3 is 26.8 Å². The zero-order chi connectivity index (χ0) is 12.4. The van der Waals surface area contributed by atoms with Gasteiger partial charge in [0.15, 0.2) is 0 Å². The molecule has 0 fully saturated rings. The Bertz CT molecular complexity index is 202. The summed E-state index contributed by atoms with van der Waals surface area (Å²) >= 11 is 3.81. The van der Waals surface area contributed by atoms with Crippen LogP contribution in [0.4, 0.5) is 0 Å². The summed E-state index contributed by atoms with van der Waals surface area (Å²) in [7, 11) is 0. The van der Waals surface area contributed by atoms with Crippen LogP contribution in [0, 0.1) is 0 Å². The van der Waals surface area contributed by atoms with Crippen LogP contribution in [-0.2, 0) is 9.59 Å². The molecule has 0 heterocycles. The summed E-state index contributed by atoms with van der Waals surface area (Å²) in [6.07, 6.45) is 0.429. The van der Waals surface area contributed by atoms with E-state index in [0.29, 0.717) is 12.2 Å². The minimum absolute atomic E-state index is 0.429. The molecule has 0 aromatic rings. The fourth-order valence-electron chi connectivity index (χ4n) is 0.341. The van der Waals surface area contributed by atoms with E-state index in [0.717, 1.165) is 0 Å². The van der Waals surface area contributed by atoms with Gasteiger partial charge >= 0.3 is 11.9 Å². The van der Waals surface area contributed by atoms with Gasteiger partial charge in [-0.3, -0.25) is 9.59 Å². The van der Waals surface area contributed by atoms with Crippen molar-refractivity contribution in [2.75, 3.05) is 12.4 Å². The fourth-order valence-corrected chi connectivity index (χ4v) is 0.619. The molecule has 0 unspecified atom stereocenters. The quantitative estimate of drug-likeness (QED) is 0.308. The van der Waals surface area contributed by atoms with E-state index in [2.05, 4.69) is 12.6 Å². The molecule has 90 valence electrons. The molecule has 15 heavy (non-hydrogen) atoms. The number of rotatable bonds is 5. The molecule has 0 radical (unpaired) electrons. The Balaban J connectivity index is 0. The number of carboxylic acids is 2. The molecule has 0 amide bonds. The van der Waals surface area contributed by atoms with Gasteiger partial charge in [-0.15, -0.1) is 0 Å². The van der Waals surface area contributed by atoms with Crippen molar-refractivity contribution in [3.63, 3.8) is 0 Å². The third-order valence-electron chi connectivity index (χ3n) is 1.27. The van der Waals surface area contributed by atoms with Gasteiger partial charge in [0.25, 0.3) is 0 Å². The van der Waals surface area contributed by atoms with E-state index >= 15 is 0 Å². The van der Waals surface area contributed by atoms with Crippen LogP contribution in [0.15, 0.2) is 0 Å². The molecule has 0 aliphatic rings.